The van der Waals surface area contributed by atoms with Gasteiger partial charge >= 0.3 is 0 Å². The van der Waals surface area contributed by atoms with E-state index in [-0.39, 0.29) is 0 Å². The van der Waals surface area contributed by atoms with E-state index in [9.17, 15) is 0 Å². The zero-order chi connectivity index (χ0) is 20.1. The number of aromatic amines is 2. The normalized spacial score (nSPS) is 14.8. The van der Waals surface area contributed by atoms with Gasteiger partial charge in [0.05, 0.1) is 28.6 Å². The summed E-state index contributed by atoms with van der Waals surface area (Å²) in [6.07, 6.45) is 9.42. The molecule has 0 unspecified atom stereocenters. The first-order valence-corrected chi connectivity index (χ1v) is 10.3. The topological polar surface area (TPSA) is 91.3 Å². The van der Waals surface area contributed by atoms with Crippen molar-refractivity contribution in [2.24, 2.45) is 7.05 Å². The molecular formula is C22H22N8. The summed E-state index contributed by atoms with van der Waals surface area (Å²) in [6.45, 7) is 2.13. The van der Waals surface area contributed by atoms with Gasteiger partial charge in [-0.15, -0.1) is 0 Å². The molecule has 0 bridgehead atoms. The summed E-state index contributed by atoms with van der Waals surface area (Å²) in [5, 5.41) is 13.1. The van der Waals surface area contributed by atoms with Crippen LogP contribution in [-0.2, 0) is 7.05 Å². The number of hydrogen-bond donors (Lipinski definition) is 2. The molecule has 0 radical (unpaired) electrons. The van der Waals surface area contributed by atoms with Gasteiger partial charge in [0.25, 0.3) is 0 Å². The lowest BCUT2D eigenvalue weighted by Gasteiger charge is -2.28. The molecule has 0 aromatic carbocycles. The third-order valence-electron chi connectivity index (χ3n) is 5.85. The lowest BCUT2D eigenvalue weighted by molar-refractivity contribution is 0.575. The maximum Gasteiger partial charge on any atom is 0.137 e. The smallest absolute Gasteiger partial charge is 0.137 e. The summed E-state index contributed by atoms with van der Waals surface area (Å²) in [4.78, 5) is 15.5. The van der Waals surface area contributed by atoms with E-state index in [2.05, 4.69) is 31.2 Å². The maximum atomic E-state index is 4.88. The van der Waals surface area contributed by atoms with Crippen LogP contribution in [0.15, 0.2) is 42.9 Å². The predicted molar refractivity (Wildman–Crippen MR) is 117 cm³/mol. The summed E-state index contributed by atoms with van der Waals surface area (Å²) >= 11 is 0. The Balaban J connectivity index is 1.47. The molecule has 0 saturated carbocycles. The average Bonchev–Trinajstić information content (AvgIpc) is 3.50. The quantitative estimate of drug-likeness (QED) is 0.481. The summed E-state index contributed by atoms with van der Waals surface area (Å²) < 4.78 is 1.78. The second-order valence-corrected chi connectivity index (χ2v) is 7.89. The molecule has 2 N–H and O–H groups in total. The first kappa shape index (κ1) is 17.2. The van der Waals surface area contributed by atoms with Crippen molar-refractivity contribution in [1.29, 1.82) is 0 Å². The number of anilines is 1. The van der Waals surface area contributed by atoms with Crippen LogP contribution in [-0.4, -0.2) is 48.0 Å². The van der Waals surface area contributed by atoms with E-state index in [0.717, 1.165) is 63.5 Å². The van der Waals surface area contributed by atoms with Crippen molar-refractivity contribution < 1.29 is 0 Å². The van der Waals surface area contributed by atoms with Crippen LogP contribution in [0.3, 0.4) is 0 Å². The number of fused-ring (bicyclic) bond motifs is 2. The maximum absolute atomic E-state index is 4.88. The van der Waals surface area contributed by atoms with Crippen LogP contribution in [0.25, 0.3) is 44.6 Å². The van der Waals surface area contributed by atoms with Gasteiger partial charge in [0.1, 0.15) is 17.0 Å². The molecular weight excluding hydrogens is 376 g/mol. The van der Waals surface area contributed by atoms with E-state index in [1.165, 1.54) is 19.3 Å². The molecule has 8 heteroatoms. The molecule has 0 spiro atoms. The van der Waals surface area contributed by atoms with Crippen LogP contribution in [0.4, 0.5) is 5.82 Å². The SMILES string of the molecule is Cn1cc(-c2ccc3[nH]nc(-c4cc5c(N6CCCCC6)nccc5[nH]4)c3n2)cn1. The summed E-state index contributed by atoms with van der Waals surface area (Å²) in [6, 6.07) is 8.19. The summed E-state index contributed by atoms with van der Waals surface area (Å²) in [7, 11) is 1.91. The van der Waals surface area contributed by atoms with Crippen molar-refractivity contribution in [3.8, 4) is 22.6 Å². The minimum atomic E-state index is 0.816. The second-order valence-electron chi connectivity index (χ2n) is 7.89. The van der Waals surface area contributed by atoms with E-state index in [0.29, 0.717) is 0 Å². The Hall–Kier alpha value is -3.68. The predicted octanol–water partition coefficient (Wildman–Crippen LogP) is 3.89. The van der Waals surface area contributed by atoms with E-state index in [4.69, 9.17) is 9.97 Å². The van der Waals surface area contributed by atoms with Crippen molar-refractivity contribution in [2.45, 2.75) is 19.3 Å². The Morgan fingerprint density at radius 1 is 1.03 bits per heavy atom. The minimum Gasteiger partial charge on any atom is -0.356 e. The number of pyridine rings is 2. The second kappa shape index (κ2) is 6.69. The van der Waals surface area contributed by atoms with Crippen molar-refractivity contribution >= 4 is 27.8 Å². The lowest BCUT2D eigenvalue weighted by atomic mass is 10.1. The highest BCUT2D eigenvalue weighted by Gasteiger charge is 2.19. The van der Waals surface area contributed by atoms with Crippen molar-refractivity contribution in [2.75, 3.05) is 18.0 Å². The van der Waals surface area contributed by atoms with E-state index < -0.39 is 0 Å². The molecule has 0 aliphatic carbocycles. The summed E-state index contributed by atoms with van der Waals surface area (Å²) in [5.41, 5.74) is 6.45. The molecule has 1 aliphatic heterocycles. The highest BCUT2D eigenvalue weighted by molar-refractivity contribution is 5.98. The van der Waals surface area contributed by atoms with Crippen LogP contribution >= 0.6 is 0 Å². The minimum absolute atomic E-state index is 0.816. The summed E-state index contributed by atoms with van der Waals surface area (Å²) in [5.74, 6) is 1.05. The zero-order valence-electron chi connectivity index (χ0n) is 16.8. The molecule has 5 aromatic rings. The number of aryl methyl sites for hydroxylation is 1. The number of hydrogen-bond acceptors (Lipinski definition) is 5. The highest BCUT2D eigenvalue weighted by Crippen LogP contribution is 2.33. The molecule has 1 saturated heterocycles. The third-order valence-corrected chi connectivity index (χ3v) is 5.85. The molecule has 1 fully saturated rings. The number of nitrogens with zero attached hydrogens (tertiary/aromatic N) is 6. The molecule has 5 aromatic heterocycles. The van der Waals surface area contributed by atoms with Gasteiger partial charge in [-0.3, -0.25) is 9.78 Å². The molecule has 8 nitrogen and oxygen atoms in total. The molecule has 0 amide bonds. The van der Waals surface area contributed by atoms with Crippen LogP contribution in [0, 0.1) is 0 Å². The van der Waals surface area contributed by atoms with Gasteiger partial charge in [-0.05, 0) is 43.5 Å². The Bertz CT molecular complexity index is 1350. The lowest BCUT2D eigenvalue weighted by Crippen LogP contribution is -2.30. The number of aromatic nitrogens is 7. The fourth-order valence-corrected chi connectivity index (χ4v) is 4.33. The van der Waals surface area contributed by atoms with Gasteiger partial charge in [0.2, 0.25) is 0 Å². The van der Waals surface area contributed by atoms with Gasteiger partial charge in [-0.2, -0.15) is 10.2 Å². The highest BCUT2D eigenvalue weighted by atomic mass is 15.2. The molecule has 6 rings (SSSR count). The Kier molecular flexibility index (Phi) is 3.83. The fourth-order valence-electron chi connectivity index (χ4n) is 4.33. The van der Waals surface area contributed by atoms with Crippen molar-refractivity contribution in [1.82, 2.24) is 34.9 Å². The number of nitrogens with one attached hydrogen (secondary N) is 2. The number of H-pyrrole nitrogens is 2. The van der Waals surface area contributed by atoms with E-state index in [1.54, 1.807) is 4.68 Å². The van der Waals surface area contributed by atoms with Gasteiger partial charge < -0.3 is 9.88 Å². The number of rotatable bonds is 3. The molecule has 6 heterocycles. The van der Waals surface area contributed by atoms with Crippen LogP contribution in [0.2, 0.25) is 0 Å². The average molecular weight is 398 g/mol. The largest absolute Gasteiger partial charge is 0.356 e. The van der Waals surface area contributed by atoms with Gasteiger partial charge in [0, 0.05) is 43.5 Å². The van der Waals surface area contributed by atoms with Gasteiger partial charge in [0.15, 0.2) is 0 Å². The van der Waals surface area contributed by atoms with Crippen molar-refractivity contribution in [3.05, 3.63) is 42.9 Å². The van der Waals surface area contributed by atoms with Gasteiger partial charge in [-0.1, -0.05) is 0 Å². The van der Waals surface area contributed by atoms with Crippen LogP contribution in [0.1, 0.15) is 19.3 Å². The molecule has 30 heavy (non-hydrogen) atoms. The first-order chi connectivity index (χ1) is 14.8. The molecule has 150 valence electrons. The molecule has 0 atom stereocenters. The Morgan fingerprint density at radius 2 is 1.93 bits per heavy atom. The van der Waals surface area contributed by atoms with Gasteiger partial charge in [-0.25, -0.2) is 9.97 Å². The van der Waals surface area contributed by atoms with Crippen molar-refractivity contribution in [3.63, 3.8) is 0 Å². The van der Waals surface area contributed by atoms with E-state index >= 15 is 0 Å². The fraction of sp³-hybridized carbons (Fsp3) is 0.273. The third kappa shape index (κ3) is 2.75. The zero-order valence-corrected chi connectivity index (χ0v) is 16.8. The van der Waals surface area contributed by atoms with Crippen LogP contribution in [0.5, 0.6) is 0 Å². The standard InChI is InChI=1S/C22H22N8/c1-29-13-14(12-24-29)16-5-6-18-20(26-16)21(28-27-18)19-11-15-17(25-19)7-8-23-22(15)30-9-3-2-4-10-30/h5-8,11-13,25H,2-4,9-10H2,1H3,(H,27,28). The number of piperidine rings is 1. The van der Waals surface area contributed by atoms with E-state index in [1.807, 2.05) is 43.8 Å². The molecule has 1 aliphatic rings. The monoisotopic (exact) mass is 398 g/mol. The Labute approximate surface area is 173 Å². The van der Waals surface area contributed by atoms with Crippen LogP contribution < -0.4 is 4.90 Å². The Morgan fingerprint density at radius 3 is 2.77 bits per heavy atom. The first-order valence-electron chi connectivity index (χ1n) is 10.3.